The van der Waals surface area contributed by atoms with Crippen molar-refractivity contribution in [1.82, 2.24) is 15.5 Å². The van der Waals surface area contributed by atoms with Crippen molar-refractivity contribution >= 4 is 0 Å². The van der Waals surface area contributed by atoms with Crippen molar-refractivity contribution < 1.29 is 0 Å². The summed E-state index contributed by atoms with van der Waals surface area (Å²) in [6.45, 7) is 2.28. The SMILES string of the molecule is CC(NC1CCCCC1C1CCCCC1)c1cn[nH]c1. The van der Waals surface area contributed by atoms with Gasteiger partial charge in [0.2, 0.25) is 0 Å². The zero-order valence-electron chi connectivity index (χ0n) is 12.8. The van der Waals surface area contributed by atoms with Crippen molar-refractivity contribution in [2.24, 2.45) is 11.8 Å². The van der Waals surface area contributed by atoms with Crippen LogP contribution in [-0.4, -0.2) is 16.2 Å². The van der Waals surface area contributed by atoms with Crippen LogP contribution in [0.25, 0.3) is 0 Å². The highest BCUT2D eigenvalue weighted by atomic mass is 15.1. The van der Waals surface area contributed by atoms with E-state index in [4.69, 9.17) is 0 Å². The molecule has 0 amide bonds. The molecular weight excluding hydrogens is 246 g/mol. The van der Waals surface area contributed by atoms with E-state index in [1.54, 1.807) is 0 Å². The first-order chi connectivity index (χ1) is 9.84. The van der Waals surface area contributed by atoms with Crippen LogP contribution in [-0.2, 0) is 0 Å². The van der Waals surface area contributed by atoms with Gasteiger partial charge in [-0.1, -0.05) is 44.9 Å². The van der Waals surface area contributed by atoms with E-state index in [0.717, 1.165) is 17.9 Å². The second-order valence-electron chi connectivity index (χ2n) is 6.87. The van der Waals surface area contributed by atoms with E-state index in [1.165, 1.54) is 63.4 Å². The predicted octanol–water partition coefficient (Wildman–Crippen LogP) is 4.20. The van der Waals surface area contributed by atoms with Crippen molar-refractivity contribution in [3.63, 3.8) is 0 Å². The maximum Gasteiger partial charge on any atom is 0.0534 e. The van der Waals surface area contributed by atoms with Gasteiger partial charge in [0.1, 0.15) is 0 Å². The quantitative estimate of drug-likeness (QED) is 0.864. The van der Waals surface area contributed by atoms with Crippen LogP contribution < -0.4 is 5.32 Å². The number of aromatic amines is 1. The Kier molecular flexibility index (Phi) is 4.77. The summed E-state index contributed by atoms with van der Waals surface area (Å²) in [5, 5.41) is 10.9. The summed E-state index contributed by atoms with van der Waals surface area (Å²) in [6.07, 6.45) is 17.0. The van der Waals surface area contributed by atoms with Gasteiger partial charge in [0.05, 0.1) is 6.20 Å². The smallest absolute Gasteiger partial charge is 0.0534 e. The number of H-pyrrole nitrogens is 1. The van der Waals surface area contributed by atoms with Crippen LogP contribution in [0.3, 0.4) is 0 Å². The summed E-state index contributed by atoms with van der Waals surface area (Å²) in [4.78, 5) is 0. The summed E-state index contributed by atoms with van der Waals surface area (Å²) in [5.74, 6) is 1.90. The topological polar surface area (TPSA) is 40.7 Å². The molecule has 3 heteroatoms. The fourth-order valence-electron chi connectivity index (χ4n) is 4.41. The Morgan fingerprint density at radius 3 is 2.60 bits per heavy atom. The summed E-state index contributed by atoms with van der Waals surface area (Å²) in [6, 6.07) is 1.14. The van der Waals surface area contributed by atoms with Crippen LogP contribution in [0.4, 0.5) is 0 Å². The largest absolute Gasteiger partial charge is 0.307 e. The third kappa shape index (κ3) is 3.25. The normalized spacial score (nSPS) is 30.2. The Bertz CT molecular complexity index is 381. The van der Waals surface area contributed by atoms with E-state index in [2.05, 4.69) is 22.4 Å². The highest BCUT2D eigenvalue weighted by Crippen LogP contribution is 2.39. The Morgan fingerprint density at radius 2 is 1.85 bits per heavy atom. The molecular formula is C17H29N3. The minimum absolute atomic E-state index is 0.419. The van der Waals surface area contributed by atoms with Crippen molar-refractivity contribution in [3.05, 3.63) is 18.0 Å². The van der Waals surface area contributed by atoms with Crippen LogP contribution in [0.1, 0.15) is 76.3 Å². The molecule has 0 spiro atoms. The van der Waals surface area contributed by atoms with Crippen LogP contribution in [0.2, 0.25) is 0 Å². The first kappa shape index (κ1) is 14.1. The molecule has 0 saturated heterocycles. The van der Waals surface area contributed by atoms with E-state index in [1.807, 2.05) is 12.4 Å². The lowest BCUT2D eigenvalue weighted by Crippen LogP contribution is -2.43. The van der Waals surface area contributed by atoms with Gasteiger partial charge < -0.3 is 5.32 Å². The third-order valence-corrected chi connectivity index (χ3v) is 5.56. The van der Waals surface area contributed by atoms with Gasteiger partial charge in [0, 0.05) is 23.8 Å². The lowest BCUT2D eigenvalue weighted by molar-refractivity contribution is 0.143. The molecule has 1 aromatic heterocycles. The molecule has 3 atom stereocenters. The van der Waals surface area contributed by atoms with E-state index in [9.17, 15) is 0 Å². The van der Waals surface area contributed by atoms with Gasteiger partial charge in [-0.05, 0) is 31.6 Å². The van der Waals surface area contributed by atoms with Crippen molar-refractivity contribution in [2.45, 2.75) is 76.8 Å². The highest BCUT2D eigenvalue weighted by Gasteiger charge is 2.33. The Hall–Kier alpha value is -0.830. The molecule has 3 rings (SSSR count). The molecule has 0 aliphatic heterocycles. The van der Waals surface area contributed by atoms with Crippen LogP contribution in [0, 0.1) is 11.8 Å². The molecule has 0 bridgehead atoms. The van der Waals surface area contributed by atoms with Crippen LogP contribution >= 0.6 is 0 Å². The molecule has 20 heavy (non-hydrogen) atoms. The Balaban J connectivity index is 1.62. The number of hydrogen-bond acceptors (Lipinski definition) is 2. The minimum atomic E-state index is 0.419. The first-order valence-electron chi connectivity index (χ1n) is 8.59. The molecule has 2 fully saturated rings. The second-order valence-corrected chi connectivity index (χ2v) is 6.87. The number of aromatic nitrogens is 2. The molecule has 2 saturated carbocycles. The third-order valence-electron chi connectivity index (χ3n) is 5.56. The number of nitrogens with one attached hydrogen (secondary N) is 2. The first-order valence-corrected chi connectivity index (χ1v) is 8.59. The zero-order valence-corrected chi connectivity index (χ0v) is 12.8. The van der Waals surface area contributed by atoms with Gasteiger partial charge in [-0.2, -0.15) is 5.10 Å². The molecule has 2 aliphatic rings. The van der Waals surface area contributed by atoms with Gasteiger partial charge in [0.15, 0.2) is 0 Å². The van der Waals surface area contributed by atoms with E-state index in [-0.39, 0.29) is 0 Å². The summed E-state index contributed by atoms with van der Waals surface area (Å²) >= 11 is 0. The summed E-state index contributed by atoms with van der Waals surface area (Å²) in [5.41, 5.74) is 1.29. The molecule has 3 unspecified atom stereocenters. The van der Waals surface area contributed by atoms with E-state index in [0.29, 0.717) is 6.04 Å². The molecule has 0 aromatic carbocycles. The highest BCUT2D eigenvalue weighted by molar-refractivity contribution is 5.08. The lowest BCUT2D eigenvalue weighted by Gasteiger charge is -2.40. The fourth-order valence-corrected chi connectivity index (χ4v) is 4.41. The summed E-state index contributed by atoms with van der Waals surface area (Å²) in [7, 11) is 0. The van der Waals surface area contributed by atoms with Gasteiger partial charge >= 0.3 is 0 Å². The van der Waals surface area contributed by atoms with E-state index >= 15 is 0 Å². The fraction of sp³-hybridized carbons (Fsp3) is 0.824. The van der Waals surface area contributed by atoms with Crippen molar-refractivity contribution in [2.75, 3.05) is 0 Å². The van der Waals surface area contributed by atoms with Gasteiger partial charge in [-0.25, -0.2) is 0 Å². The maximum absolute atomic E-state index is 4.08. The zero-order chi connectivity index (χ0) is 13.8. The molecule has 2 N–H and O–H groups in total. The second kappa shape index (κ2) is 6.75. The lowest BCUT2D eigenvalue weighted by atomic mass is 9.71. The number of nitrogens with zero attached hydrogens (tertiary/aromatic N) is 1. The number of rotatable bonds is 4. The Morgan fingerprint density at radius 1 is 1.10 bits per heavy atom. The molecule has 112 valence electrons. The molecule has 1 aromatic rings. The molecule has 0 radical (unpaired) electrons. The van der Waals surface area contributed by atoms with Crippen LogP contribution in [0.5, 0.6) is 0 Å². The predicted molar refractivity (Wildman–Crippen MR) is 82.5 cm³/mol. The number of hydrogen-bond donors (Lipinski definition) is 2. The molecule has 3 nitrogen and oxygen atoms in total. The molecule has 2 aliphatic carbocycles. The maximum atomic E-state index is 4.08. The molecule has 1 heterocycles. The van der Waals surface area contributed by atoms with Crippen LogP contribution in [0.15, 0.2) is 12.4 Å². The van der Waals surface area contributed by atoms with Gasteiger partial charge in [-0.3, -0.25) is 5.10 Å². The minimum Gasteiger partial charge on any atom is -0.307 e. The average molecular weight is 275 g/mol. The monoisotopic (exact) mass is 275 g/mol. The van der Waals surface area contributed by atoms with Crippen molar-refractivity contribution in [3.8, 4) is 0 Å². The summed E-state index contributed by atoms with van der Waals surface area (Å²) < 4.78 is 0. The van der Waals surface area contributed by atoms with E-state index < -0.39 is 0 Å². The van der Waals surface area contributed by atoms with Gasteiger partial charge in [0.25, 0.3) is 0 Å². The van der Waals surface area contributed by atoms with Crippen molar-refractivity contribution in [1.29, 1.82) is 0 Å². The average Bonchev–Trinajstić information content (AvgIpc) is 3.03. The standard InChI is InChI=1S/C17H29N3/c1-13(15-11-18-19-12-15)20-17-10-6-5-9-16(17)14-7-3-2-4-8-14/h11-14,16-17,20H,2-10H2,1H3,(H,18,19). The Labute approximate surface area is 122 Å². The van der Waals surface area contributed by atoms with Gasteiger partial charge in [-0.15, -0.1) is 0 Å².